The second-order valence-corrected chi connectivity index (χ2v) is 6.16. The first-order valence-electron chi connectivity index (χ1n) is 6.76. The molecule has 4 nitrogen and oxygen atoms in total. The summed E-state index contributed by atoms with van der Waals surface area (Å²) in [6, 6.07) is 6.34. The molecule has 1 aromatic heterocycles. The molecule has 2 heterocycles. The molecule has 1 aliphatic rings. The molecule has 0 saturated carbocycles. The molecule has 1 aliphatic heterocycles. The molecule has 2 aromatic rings. The van der Waals surface area contributed by atoms with E-state index in [0.29, 0.717) is 13.2 Å². The topological polar surface area (TPSA) is 43.4 Å². The van der Waals surface area contributed by atoms with Gasteiger partial charge in [-0.05, 0) is 31.5 Å². The number of benzene rings is 1. The fourth-order valence-corrected chi connectivity index (χ4v) is 2.93. The van der Waals surface area contributed by atoms with Crippen LogP contribution in [0, 0.1) is 6.92 Å². The zero-order valence-electron chi connectivity index (χ0n) is 11.7. The molecule has 0 saturated heterocycles. The third-order valence-corrected chi connectivity index (χ3v) is 4.32. The molecule has 0 amide bonds. The third-order valence-electron chi connectivity index (χ3n) is 3.23. The Morgan fingerprint density at radius 3 is 2.85 bits per heavy atom. The van der Waals surface area contributed by atoms with Gasteiger partial charge in [0.2, 0.25) is 0 Å². The Kier molecular flexibility index (Phi) is 3.89. The summed E-state index contributed by atoms with van der Waals surface area (Å²) in [6.45, 7) is 6.26. The minimum absolute atomic E-state index is 0.252. The molecule has 1 N–H and O–H groups in total. The van der Waals surface area contributed by atoms with E-state index in [1.54, 1.807) is 11.3 Å². The molecule has 0 bridgehead atoms. The number of nitrogens with one attached hydrogen (secondary N) is 1. The van der Waals surface area contributed by atoms with Crippen molar-refractivity contribution in [3.63, 3.8) is 0 Å². The van der Waals surface area contributed by atoms with E-state index in [2.05, 4.69) is 30.2 Å². The predicted molar refractivity (Wildman–Crippen MR) is 79.5 cm³/mol. The molecule has 5 heteroatoms. The van der Waals surface area contributed by atoms with E-state index in [0.717, 1.165) is 23.1 Å². The van der Waals surface area contributed by atoms with Crippen LogP contribution in [0.4, 0.5) is 0 Å². The molecule has 3 rings (SSSR count). The Labute approximate surface area is 122 Å². The highest BCUT2D eigenvalue weighted by Crippen LogP contribution is 2.31. The molecular formula is C15H18N2O2S. The summed E-state index contributed by atoms with van der Waals surface area (Å²) in [5.74, 6) is 1.68. The number of aryl methyl sites for hydroxylation is 1. The van der Waals surface area contributed by atoms with Crippen LogP contribution in [0.15, 0.2) is 24.4 Å². The number of fused-ring (bicyclic) bond motifs is 1. The quantitative estimate of drug-likeness (QED) is 0.940. The molecule has 1 aromatic carbocycles. The Morgan fingerprint density at radius 2 is 2.10 bits per heavy atom. The predicted octanol–water partition coefficient (Wildman–Crippen LogP) is 3.07. The summed E-state index contributed by atoms with van der Waals surface area (Å²) in [6.07, 6.45) is 1.92. The first-order valence-corrected chi connectivity index (χ1v) is 7.58. The summed E-state index contributed by atoms with van der Waals surface area (Å²) < 4.78 is 11.1. The highest BCUT2D eigenvalue weighted by molar-refractivity contribution is 7.11. The SMILES string of the molecule is Cc1cnc(C(C)NCc2ccc3c(c2)OCCO3)s1. The van der Waals surface area contributed by atoms with Crippen molar-refractivity contribution < 1.29 is 9.47 Å². The maximum atomic E-state index is 5.60. The van der Waals surface area contributed by atoms with Gasteiger partial charge in [-0.25, -0.2) is 4.98 Å². The zero-order chi connectivity index (χ0) is 13.9. The molecule has 20 heavy (non-hydrogen) atoms. The fourth-order valence-electron chi connectivity index (χ4n) is 2.13. The number of ether oxygens (including phenoxy) is 2. The number of thiazole rings is 1. The van der Waals surface area contributed by atoms with Gasteiger partial charge in [0, 0.05) is 17.6 Å². The lowest BCUT2D eigenvalue weighted by Gasteiger charge is -2.19. The zero-order valence-corrected chi connectivity index (χ0v) is 12.5. The van der Waals surface area contributed by atoms with Gasteiger partial charge in [0.15, 0.2) is 11.5 Å². The maximum absolute atomic E-state index is 5.60. The number of aromatic nitrogens is 1. The van der Waals surface area contributed by atoms with Crippen LogP contribution in [-0.2, 0) is 6.54 Å². The molecule has 1 atom stereocenters. The number of hydrogen-bond acceptors (Lipinski definition) is 5. The summed E-state index contributed by atoms with van der Waals surface area (Å²) in [4.78, 5) is 5.65. The summed E-state index contributed by atoms with van der Waals surface area (Å²) in [5.41, 5.74) is 1.19. The lowest BCUT2D eigenvalue weighted by Crippen LogP contribution is -2.19. The van der Waals surface area contributed by atoms with Crippen molar-refractivity contribution in [3.05, 3.63) is 39.8 Å². The first-order chi connectivity index (χ1) is 9.72. The van der Waals surface area contributed by atoms with E-state index in [-0.39, 0.29) is 6.04 Å². The Balaban J connectivity index is 1.63. The van der Waals surface area contributed by atoms with Crippen LogP contribution in [0.3, 0.4) is 0 Å². The molecule has 106 valence electrons. The Morgan fingerprint density at radius 1 is 1.30 bits per heavy atom. The highest BCUT2D eigenvalue weighted by Gasteiger charge is 2.13. The second kappa shape index (κ2) is 5.81. The van der Waals surface area contributed by atoms with Gasteiger partial charge in [-0.3, -0.25) is 0 Å². The van der Waals surface area contributed by atoms with Crippen LogP contribution < -0.4 is 14.8 Å². The smallest absolute Gasteiger partial charge is 0.161 e. The molecule has 1 unspecified atom stereocenters. The largest absolute Gasteiger partial charge is 0.486 e. The summed E-state index contributed by atoms with van der Waals surface area (Å²) in [7, 11) is 0. The van der Waals surface area contributed by atoms with Crippen molar-refractivity contribution in [3.8, 4) is 11.5 Å². The van der Waals surface area contributed by atoms with Crippen LogP contribution in [0.25, 0.3) is 0 Å². The van der Waals surface area contributed by atoms with E-state index in [4.69, 9.17) is 9.47 Å². The Hall–Kier alpha value is -1.59. The van der Waals surface area contributed by atoms with E-state index < -0.39 is 0 Å². The van der Waals surface area contributed by atoms with Gasteiger partial charge >= 0.3 is 0 Å². The van der Waals surface area contributed by atoms with Crippen molar-refractivity contribution >= 4 is 11.3 Å². The van der Waals surface area contributed by atoms with Crippen molar-refractivity contribution in [1.82, 2.24) is 10.3 Å². The number of nitrogens with zero attached hydrogens (tertiary/aromatic N) is 1. The van der Waals surface area contributed by atoms with Crippen LogP contribution in [0.2, 0.25) is 0 Å². The van der Waals surface area contributed by atoms with Gasteiger partial charge in [0.25, 0.3) is 0 Å². The van der Waals surface area contributed by atoms with Gasteiger partial charge in [0.05, 0.1) is 6.04 Å². The molecule has 0 spiro atoms. The second-order valence-electron chi connectivity index (χ2n) is 4.89. The third kappa shape index (κ3) is 2.94. The van der Waals surface area contributed by atoms with E-state index in [1.165, 1.54) is 10.4 Å². The first kappa shape index (κ1) is 13.4. The van der Waals surface area contributed by atoms with Gasteiger partial charge in [-0.2, -0.15) is 0 Å². The minimum atomic E-state index is 0.252. The number of hydrogen-bond donors (Lipinski definition) is 1. The van der Waals surface area contributed by atoms with Crippen LogP contribution in [0.5, 0.6) is 11.5 Å². The van der Waals surface area contributed by atoms with Crippen molar-refractivity contribution in [2.75, 3.05) is 13.2 Å². The van der Waals surface area contributed by atoms with Crippen LogP contribution >= 0.6 is 11.3 Å². The van der Waals surface area contributed by atoms with Gasteiger partial charge in [-0.1, -0.05) is 6.07 Å². The van der Waals surface area contributed by atoms with Gasteiger partial charge in [0.1, 0.15) is 18.2 Å². The summed E-state index contributed by atoms with van der Waals surface area (Å²) >= 11 is 1.74. The highest BCUT2D eigenvalue weighted by atomic mass is 32.1. The lowest BCUT2D eigenvalue weighted by molar-refractivity contribution is 0.171. The normalized spacial score (nSPS) is 15.1. The monoisotopic (exact) mass is 290 g/mol. The number of rotatable bonds is 4. The lowest BCUT2D eigenvalue weighted by atomic mass is 10.2. The molecule has 0 fully saturated rings. The average molecular weight is 290 g/mol. The van der Waals surface area contributed by atoms with Crippen LogP contribution in [0.1, 0.15) is 28.4 Å². The van der Waals surface area contributed by atoms with Crippen molar-refractivity contribution in [2.24, 2.45) is 0 Å². The van der Waals surface area contributed by atoms with E-state index in [1.807, 2.05) is 18.3 Å². The van der Waals surface area contributed by atoms with E-state index >= 15 is 0 Å². The standard InChI is InChI=1S/C15H18N2O2S/c1-10-8-17-15(20-10)11(2)16-9-12-3-4-13-14(7-12)19-6-5-18-13/h3-4,7-8,11,16H,5-6,9H2,1-2H3. The van der Waals surface area contributed by atoms with Gasteiger partial charge < -0.3 is 14.8 Å². The average Bonchev–Trinajstić information content (AvgIpc) is 2.91. The van der Waals surface area contributed by atoms with Crippen molar-refractivity contribution in [2.45, 2.75) is 26.4 Å². The maximum Gasteiger partial charge on any atom is 0.161 e. The Bertz CT molecular complexity index is 597. The minimum Gasteiger partial charge on any atom is -0.486 e. The molecule has 0 aliphatic carbocycles. The van der Waals surface area contributed by atoms with E-state index in [9.17, 15) is 0 Å². The van der Waals surface area contributed by atoms with Gasteiger partial charge in [-0.15, -0.1) is 11.3 Å². The fraction of sp³-hybridized carbons (Fsp3) is 0.400. The molecule has 0 radical (unpaired) electrons. The van der Waals surface area contributed by atoms with Crippen molar-refractivity contribution in [1.29, 1.82) is 0 Å². The molecular weight excluding hydrogens is 272 g/mol. The summed E-state index contributed by atoms with van der Waals surface area (Å²) in [5, 5.41) is 4.61. The van der Waals surface area contributed by atoms with Crippen LogP contribution in [-0.4, -0.2) is 18.2 Å².